The lowest BCUT2D eigenvalue weighted by atomic mass is 9.99. The third kappa shape index (κ3) is 3.77. The zero-order chi connectivity index (χ0) is 18.5. The Morgan fingerprint density at radius 3 is 2.35 bits per heavy atom. The lowest BCUT2D eigenvalue weighted by molar-refractivity contribution is 0.334. The number of benzene rings is 3. The van der Waals surface area contributed by atoms with E-state index in [0.29, 0.717) is 5.39 Å². The Bertz CT molecular complexity index is 927. The van der Waals surface area contributed by atoms with E-state index < -0.39 is 11.6 Å². The quantitative estimate of drug-likeness (QED) is 0.449. The summed E-state index contributed by atoms with van der Waals surface area (Å²) < 4.78 is 34.2. The van der Waals surface area contributed by atoms with Gasteiger partial charge in [-0.2, -0.15) is 4.39 Å². The lowest BCUT2D eigenvalue weighted by Gasteiger charge is -2.10. The fourth-order valence-corrected chi connectivity index (χ4v) is 2.97. The van der Waals surface area contributed by atoms with Gasteiger partial charge in [0.05, 0.1) is 0 Å². The van der Waals surface area contributed by atoms with Gasteiger partial charge in [0.25, 0.3) is 0 Å². The van der Waals surface area contributed by atoms with E-state index in [2.05, 4.69) is 19.1 Å². The van der Waals surface area contributed by atoms with E-state index in [-0.39, 0.29) is 17.7 Å². The average Bonchev–Trinajstić information content (AvgIpc) is 2.66. The Labute approximate surface area is 152 Å². The molecule has 0 N–H and O–H groups in total. The van der Waals surface area contributed by atoms with Gasteiger partial charge in [0.2, 0.25) is 5.82 Å². The Kier molecular flexibility index (Phi) is 5.67. The van der Waals surface area contributed by atoms with Crippen LogP contribution in [0.5, 0.6) is 5.75 Å². The largest absolute Gasteiger partial charge is 0.486 e. The molecule has 3 aromatic carbocycles. The van der Waals surface area contributed by atoms with Gasteiger partial charge in [-0.05, 0) is 47.6 Å². The van der Waals surface area contributed by atoms with Crippen LogP contribution in [-0.4, -0.2) is 6.61 Å². The highest BCUT2D eigenvalue weighted by molar-refractivity contribution is 5.89. The van der Waals surface area contributed by atoms with E-state index in [4.69, 9.17) is 4.74 Å². The Morgan fingerprint density at radius 1 is 0.923 bits per heavy atom. The SMILES string of the molecule is CC=CCOc1cc2ccc(-c3ccc(CCC)cc3)cc2c(F)c1F. The van der Waals surface area contributed by atoms with Crippen molar-refractivity contribution in [1.82, 2.24) is 0 Å². The summed E-state index contributed by atoms with van der Waals surface area (Å²) in [5, 5.41) is 0.877. The van der Waals surface area contributed by atoms with Crippen molar-refractivity contribution in [2.45, 2.75) is 26.7 Å². The minimum Gasteiger partial charge on any atom is -0.486 e. The number of allylic oxidation sites excluding steroid dienone is 1. The second kappa shape index (κ2) is 8.13. The molecule has 0 bridgehead atoms. The molecule has 0 fully saturated rings. The van der Waals surface area contributed by atoms with Crippen LogP contribution in [0, 0.1) is 11.6 Å². The van der Waals surface area contributed by atoms with Crippen LogP contribution in [0.25, 0.3) is 21.9 Å². The molecule has 26 heavy (non-hydrogen) atoms. The number of rotatable bonds is 6. The first-order chi connectivity index (χ1) is 12.6. The average molecular weight is 352 g/mol. The molecular formula is C23H22F2O. The standard InChI is InChI=1S/C23H22F2O/c1-3-5-13-26-21-15-19-12-11-18(14-20(19)22(24)23(21)25)17-9-7-16(6-4-2)8-10-17/h3,5,7-12,14-15H,4,6,13H2,1-2H3. The van der Waals surface area contributed by atoms with Gasteiger partial charge in [0, 0.05) is 5.39 Å². The highest BCUT2D eigenvalue weighted by Gasteiger charge is 2.15. The molecule has 0 amide bonds. The van der Waals surface area contributed by atoms with Gasteiger partial charge in [0.1, 0.15) is 6.61 Å². The fourth-order valence-electron chi connectivity index (χ4n) is 2.97. The zero-order valence-corrected chi connectivity index (χ0v) is 15.1. The number of hydrogen-bond donors (Lipinski definition) is 0. The van der Waals surface area contributed by atoms with Crippen LogP contribution >= 0.6 is 0 Å². The Hall–Kier alpha value is -2.68. The number of ether oxygens (including phenoxy) is 1. The van der Waals surface area contributed by atoms with E-state index in [9.17, 15) is 8.78 Å². The molecule has 3 rings (SSSR count). The van der Waals surface area contributed by atoms with E-state index in [1.165, 1.54) is 5.56 Å². The Balaban J connectivity index is 1.98. The number of fused-ring (bicyclic) bond motifs is 1. The molecule has 0 spiro atoms. The number of hydrogen-bond acceptors (Lipinski definition) is 1. The second-order valence-corrected chi connectivity index (χ2v) is 6.27. The van der Waals surface area contributed by atoms with Crippen molar-refractivity contribution >= 4 is 10.8 Å². The fraction of sp³-hybridized carbons (Fsp3) is 0.217. The first-order valence-corrected chi connectivity index (χ1v) is 8.89. The van der Waals surface area contributed by atoms with Gasteiger partial charge in [-0.15, -0.1) is 0 Å². The molecule has 0 heterocycles. The molecule has 134 valence electrons. The van der Waals surface area contributed by atoms with Crippen molar-refractivity contribution in [2.24, 2.45) is 0 Å². The number of aryl methyl sites for hydroxylation is 1. The van der Waals surface area contributed by atoms with Crippen molar-refractivity contribution in [3.63, 3.8) is 0 Å². The Morgan fingerprint density at radius 2 is 1.65 bits per heavy atom. The number of halogens is 2. The second-order valence-electron chi connectivity index (χ2n) is 6.27. The first kappa shape index (κ1) is 18.1. The smallest absolute Gasteiger partial charge is 0.201 e. The van der Waals surface area contributed by atoms with Crippen molar-refractivity contribution in [1.29, 1.82) is 0 Å². The summed E-state index contributed by atoms with van der Waals surface area (Å²) in [5.74, 6) is -1.88. The molecule has 0 unspecified atom stereocenters. The van der Waals surface area contributed by atoms with Crippen LogP contribution in [0.15, 0.2) is 60.7 Å². The third-order valence-corrected chi connectivity index (χ3v) is 4.38. The predicted molar refractivity (Wildman–Crippen MR) is 104 cm³/mol. The summed E-state index contributed by atoms with van der Waals surface area (Å²) in [7, 11) is 0. The molecule has 0 aliphatic heterocycles. The molecule has 0 radical (unpaired) electrons. The summed E-state index contributed by atoms with van der Waals surface area (Å²) in [6.45, 7) is 4.20. The van der Waals surface area contributed by atoms with E-state index >= 15 is 0 Å². The summed E-state index contributed by atoms with van der Waals surface area (Å²) >= 11 is 0. The first-order valence-electron chi connectivity index (χ1n) is 8.89. The molecule has 0 atom stereocenters. The van der Waals surface area contributed by atoms with Crippen molar-refractivity contribution < 1.29 is 13.5 Å². The minimum absolute atomic E-state index is 0.0650. The molecule has 3 aromatic rings. The third-order valence-electron chi connectivity index (χ3n) is 4.38. The maximum absolute atomic E-state index is 14.6. The summed E-state index contributed by atoms with van der Waals surface area (Å²) in [5.41, 5.74) is 3.12. The maximum Gasteiger partial charge on any atom is 0.201 e. The molecule has 0 aromatic heterocycles. The van der Waals surface area contributed by atoms with Crippen LogP contribution in [0.1, 0.15) is 25.8 Å². The van der Waals surface area contributed by atoms with Crippen LogP contribution in [0.3, 0.4) is 0 Å². The van der Waals surface area contributed by atoms with Gasteiger partial charge in [0.15, 0.2) is 11.6 Å². The predicted octanol–water partition coefficient (Wildman–Crippen LogP) is 6.69. The summed E-state index contributed by atoms with van der Waals surface area (Å²) in [6.07, 6.45) is 5.67. The van der Waals surface area contributed by atoms with Crippen molar-refractivity contribution in [3.8, 4) is 16.9 Å². The summed E-state index contributed by atoms with van der Waals surface area (Å²) in [6, 6.07) is 15.2. The molecule has 3 heteroatoms. The van der Waals surface area contributed by atoms with E-state index in [1.807, 2.05) is 25.1 Å². The highest BCUT2D eigenvalue weighted by Crippen LogP contribution is 2.32. The van der Waals surface area contributed by atoms with Crippen LogP contribution in [0.4, 0.5) is 8.78 Å². The molecule has 0 aliphatic carbocycles. The molecule has 0 aliphatic rings. The molecule has 0 saturated heterocycles. The lowest BCUT2D eigenvalue weighted by Crippen LogP contribution is -1.99. The van der Waals surface area contributed by atoms with Crippen LogP contribution in [0.2, 0.25) is 0 Å². The van der Waals surface area contributed by atoms with Crippen LogP contribution < -0.4 is 4.74 Å². The monoisotopic (exact) mass is 352 g/mol. The van der Waals surface area contributed by atoms with Gasteiger partial charge < -0.3 is 4.74 Å². The van der Waals surface area contributed by atoms with Gasteiger partial charge >= 0.3 is 0 Å². The van der Waals surface area contributed by atoms with Crippen molar-refractivity contribution in [3.05, 3.63) is 77.9 Å². The van der Waals surface area contributed by atoms with Gasteiger partial charge in [-0.1, -0.05) is 61.9 Å². The van der Waals surface area contributed by atoms with E-state index in [0.717, 1.165) is 24.0 Å². The highest BCUT2D eigenvalue weighted by atomic mass is 19.2. The minimum atomic E-state index is -0.947. The zero-order valence-electron chi connectivity index (χ0n) is 15.1. The van der Waals surface area contributed by atoms with Crippen molar-refractivity contribution in [2.75, 3.05) is 6.61 Å². The molecular weight excluding hydrogens is 330 g/mol. The van der Waals surface area contributed by atoms with Crippen LogP contribution in [-0.2, 0) is 6.42 Å². The molecule has 1 nitrogen and oxygen atoms in total. The van der Waals surface area contributed by atoms with Gasteiger partial charge in [-0.25, -0.2) is 4.39 Å². The topological polar surface area (TPSA) is 9.23 Å². The summed E-state index contributed by atoms with van der Waals surface area (Å²) in [4.78, 5) is 0. The van der Waals surface area contributed by atoms with E-state index in [1.54, 1.807) is 30.4 Å². The normalized spacial score (nSPS) is 11.4. The van der Waals surface area contributed by atoms with Gasteiger partial charge in [-0.3, -0.25) is 0 Å². The molecule has 0 saturated carbocycles. The maximum atomic E-state index is 14.6.